The van der Waals surface area contributed by atoms with Crippen molar-refractivity contribution in [2.24, 2.45) is 0 Å². The third kappa shape index (κ3) is 4.09. The minimum atomic E-state index is -3.45. The fourth-order valence-electron chi connectivity index (χ4n) is 3.68. The first-order chi connectivity index (χ1) is 14.2. The molecular formula is C19H22FN5O4S. The summed E-state index contributed by atoms with van der Waals surface area (Å²) in [6.07, 6.45) is 1.64. The molecule has 0 bridgehead atoms. The number of anilines is 2. The van der Waals surface area contributed by atoms with E-state index in [9.17, 15) is 17.6 Å². The van der Waals surface area contributed by atoms with E-state index in [0.29, 0.717) is 25.2 Å². The van der Waals surface area contributed by atoms with Crippen LogP contribution in [0.4, 0.5) is 20.6 Å². The summed E-state index contributed by atoms with van der Waals surface area (Å²) in [6, 6.07) is 6.49. The number of benzene rings is 1. The molecule has 0 spiro atoms. The first kappa shape index (κ1) is 20.5. The molecule has 2 aliphatic heterocycles. The smallest absolute Gasteiger partial charge is 0.323 e. The van der Waals surface area contributed by atoms with Gasteiger partial charge in [-0.1, -0.05) is 0 Å². The molecule has 2 N–H and O–H groups in total. The van der Waals surface area contributed by atoms with Crippen molar-refractivity contribution < 1.29 is 22.3 Å². The minimum absolute atomic E-state index is 0.216. The van der Waals surface area contributed by atoms with E-state index in [4.69, 9.17) is 4.74 Å². The fraction of sp³-hybridized carbons (Fsp3) is 0.368. The monoisotopic (exact) mass is 435 g/mol. The van der Waals surface area contributed by atoms with Gasteiger partial charge in [-0.25, -0.2) is 9.18 Å². The van der Waals surface area contributed by atoms with Crippen LogP contribution in [0.15, 0.2) is 36.5 Å². The minimum Gasteiger partial charge on any atom is -0.488 e. The Hall–Kier alpha value is -2.76. The molecule has 9 nitrogen and oxygen atoms in total. The van der Waals surface area contributed by atoms with E-state index in [2.05, 4.69) is 15.6 Å². The van der Waals surface area contributed by atoms with E-state index in [1.807, 2.05) is 6.92 Å². The number of hydrogen-bond donors (Lipinski definition) is 2. The van der Waals surface area contributed by atoms with E-state index >= 15 is 0 Å². The van der Waals surface area contributed by atoms with Gasteiger partial charge in [0.2, 0.25) is 0 Å². The average Bonchev–Trinajstić information content (AvgIpc) is 3.15. The average molecular weight is 435 g/mol. The number of nitrogens with zero attached hydrogens (tertiary/aromatic N) is 3. The van der Waals surface area contributed by atoms with Crippen LogP contribution in [-0.2, 0) is 10.2 Å². The highest BCUT2D eigenvalue weighted by Crippen LogP contribution is 2.33. The van der Waals surface area contributed by atoms with Crippen molar-refractivity contribution in [2.45, 2.75) is 25.5 Å². The molecule has 2 amide bonds. The number of rotatable bonds is 4. The van der Waals surface area contributed by atoms with E-state index in [-0.39, 0.29) is 17.5 Å². The number of aromatic nitrogens is 1. The molecule has 0 aliphatic carbocycles. The number of carbonyl (C=O) groups excluding carboxylic acids is 1. The summed E-state index contributed by atoms with van der Waals surface area (Å²) in [6.45, 7) is 2.51. The Morgan fingerprint density at radius 3 is 2.73 bits per heavy atom. The summed E-state index contributed by atoms with van der Waals surface area (Å²) < 4.78 is 47.2. The molecule has 2 saturated heterocycles. The lowest BCUT2D eigenvalue weighted by Crippen LogP contribution is -2.36. The summed E-state index contributed by atoms with van der Waals surface area (Å²) in [7, 11) is -1.93. The lowest BCUT2D eigenvalue weighted by Gasteiger charge is -2.20. The Labute approximate surface area is 174 Å². The number of ether oxygens (including phenoxy) is 1. The van der Waals surface area contributed by atoms with Gasteiger partial charge < -0.3 is 15.4 Å². The van der Waals surface area contributed by atoms with E-state index in [1.54, 1.807) is 12.1 Å². The van der Waals surface area contributed by atoms with Crippen molar-refractivity contribution in [3.05, 3.63) is 48.0 Å². The maximum atomic E-state index is 14.1. The Balaban J connectivity index is 1.43. The number of amides is 2. The first-order valence-electron chi connectivity index (χ1n) is 9.43. The standard InChI is InChI=1S/C19H22FN5O4S/c1-12-3-4-14(10-21-12)22-19(26)23-15-7-13(20)8-16(9-15)29-18-5-6-25-17(18)11-24(2)30(25,27)28/h3-4,7-10,17-18H,5-6,11H2,1-2H3,(H2,22,23,26)/t17-,18+/m1/s1. The Bertz CT molecular complexity index is 1060. The number of hydrogen-bond acceptors (Lipinski definition) is 5. The Morgan fingerprint density at radius 2 is 2.00 bits per heavy atom. The van der Waals surface area contributed by atoms with Gasteiger partial charge in [0.05, 0.1) is 17.9 Å². The van der Waals surface area contributed by atoms with Crippen LogP contribution in [0.2, 0.25) is 0 Å². The van der Waals surface area contributed by atoms with Gasteiger partial charge in [0.1, 0.15) is 17.7 Å². The van der Waals surface area contributed by atoms with Crippen molar-refractivity contribution >= 4 is 27.6 Å². The quantitative estimate of drug-likeness (QED) is 0.766. The second kappa shape index (κ2) is 7.82. The highest BCUT2D eigenvalue weighted by Gasteiger charge is 2.50. The van der Waals surface area contributed by atoms with Gasteiger partial charge in [-0.2, -0.15) is 17.0 Å². The predicted molar refractivity (Wildman–Crippen MR) is 109 cm³/mol. The van der Waals surface area contributed by atoms with Gasteiger partial charge in [-0.05, 0) is 31.5 Å². The molecule has 2 aromatic rings. The van der Waals surface area contributed by atoms with E-state index in [0.717, 1.165) is 5.69 Å². The van der Waals surface area contributed by atoms with Crippen LogP contribution in [-0.4, -0.2) is 60.3 Å². The molecule has 2 fully saturated rings. The third-order valence-corrected chi connectivity index (χ3v) is 7.14. The van der Waals surface area contributed by atoms with Crippen molar-refractivity contribution in [1.29, 1.82) is 0 Å². The van der Waals surface area contributed by atoms with Gasteiger partial charge >= 0.3 is 6.03 Å². The molecule has 2 aliphatic rings. The highest BCUT2D eigenvalue weighted by atomic mass is 32.2. The number of carbonyl (C=O) groups is 1. The van der Waals surface area contributed by atoms with Crippen LogP contribution in [0.25, 0.3) is 0 Å². The van der Waals surface area contributed by atoms with Crippen LogP contribution in [0.5, 0.6) is 5.75 Å². The molecule has 0 unspecified atom stereocenters. The van der Waals surface area contributed by atoms with Crippen molar-refractivity contribution in [3.63, 3.8) is 0 Å². The number of fused-ring (bicyclic) bond motifs is 1. The van der Waals surface area contributed by atoms with E-state index in [1.165, 1.54) is 40.1 Å². The Morgan fingerprint density at radius 1 is 1.23 bits per heavy atom. The zero-order valence-electron chi connectivity index (χ0n) is 16.5. The van der Waals surface area contributed by atoms with Crippen molar-refractivity contribution in [1.82, 2.24) is 13.6 Å². The van der Waals surface area contributed by atoms with E-state index < -0.39 is 28.2 Å². The van der Waals surface area contributed by atoms with Gasteiger partial charge in [0.15, 0.2) is 0 Å². The maximum absolute atomic E-state index is 14.1. The molecule has 1 aromatic heterocycles. The molecule has 0 saturated carbocycles. The molecular weight excluding hydrogens is 413 g/mol. The summed E-state index contributed by atoms with van der Waals surface area (Å²) in [5.74, 6) is -0.355. The van der Waals surface area contributed by atoms with Crippen LogP contribution >= 0.6 is 0 Å². The summed E-state index contributed by atoms with van der Waals surface area (Å²) >= 11 is 0. The molecule has 3 heterocycles. The number of halogens is 1. The largest absolute Gasteiger partial charge is 0.488 e. The summed E-state index contributed by atoms with van der Waals surface area (Å²) in [4.78, 5) is 16.3. The lowest BCUT2D eigenvalue weighted by atomic mass is 10.1. The van der Waals surface area contributed by atoms with Crippen LogP contribution in [0.1, 0.15) is 12.1 Å². The zero-order valence-corrected chi connectivity index (χ0v) is 17.3. The molecule has 4 rings (SSSR count). The van der Waals surface area contributed by atoms with Gasteiger partial charge in [-0.3, -0.25) is 4.98 Å². The van der Waals surface area contributed by atoms with Crippen molar-refractivity contribution in [3.8, 4) is 5.75 Å². The molecule has 11 heteroatoms. The fourth-order valence-corrected chi connectivity index (χ4v) is 5.26. The molecule has 2 atom stereocenters. The highest BCUT2D eigenvalue weighted by molar-refractivity contribution is 7.87. The van der Waals surface area contributed by atoms with Crippen LogP contribution in [0.3, 0.4) is 0 Å². The zero-order chi connectivity index (χ0) is 21.5. The topological polar surface area (TPSA) is 104 Å². The predicted octanol–water partition coefficient (Wildman–Crippen LogP) is 2.19. The van der Waals surface area contributed by atoms with Crippen LogP contribution in [0, 0.1) is 12.7 Å². The molecule has 160 valence electrons. The number of aryl methyl sites for hydroxylation is 1. The van der Waals surface area contributed by atoms with Gasteiger partial charge in [0.25, 0.3) is 10.2 Å². The summed E-state index contributed by atoms with van der Waals surface area (Å²) in [5.41, 5.74) is 1.54. The number of urea groups is 1. The SMILES string of the molecule is Cc1ccc(NC(=O)Nc2cc(F)cc(O[C@H]3CCN4[C@@H]3CN(C)S4(=O)=O)c2)cn1. The molecule has 0 radical (unpaired) electrons. The number of nitrogens with one attached hydrogen (secondary N) is 2. The second-order valence-corrected chi connectivity index (χ2v) is 9.34. The third-order valence-electron chi connectivity index (χ3n) is 5.15. The normalized spacial score (nSPS) is 23.2. The molecule has 30 heavy (non-hydrogen) atoms. The number of pyridine rings is 1. The van der Waals surface area contributed by atoms with Gasteiger partial charge in [-0.15, -0.1) is 0 Å². The Kier molecular flexibility index (Phi) is 5.35. The number of likely N-dealkylation sites (N-methyl/N-ethyl adjacent to an activating group) is 1. The molecule has 1 aromatic carbocycles. The second-order valence-electron chi connectivity index (χ2n) is 7.35. The van der Waals surface area contributed by atoms with Gasteiger partial charge in [0, 0.05) is 43.7 Å². The van der Waals surface area contributed by atoms with Crippen molar-refractivity contribution in [2.75, 3.05) is 30.8 Å². The summed E-state index contributed by atoms with van der Waals surface area (Å²) in [5, 5.41) is 5.18. The van der Waals surface area contributed by atoms with Crippen LogP contribution < -0.4 is 15.4 Å². The first-order valence-corrected chi connectivity index (χ1v) is 10.8. The lowest BCUT2D eigenvalue weighted by molar-refractivity contribution is 0.169. The maximum Gasteiger partial charge on any atom is 0.323 e.